The van der Waals surface area contributed by atoms with Crippen molar-refractivity contribution in [3.8, 4) is 0 Å². The molecule has 3 aromatic rings. The highest BCUT2D eigenvalue weighted by Crippen LogP contribution is 2.23. The Morgan fingerprint density at radius 2 is 0.971 bits per heavy atom. The second-order valence-corrected chi connectivity index (χ2v) is 24.3. The topological polar surface area (TPSA) is 46.2 Å². The maximum atomic E-state index is 7.24. The van der Waals surface area contributed by atoms with Gasteiger partial charge < -0.3 is 20.9 Å². The van der Waals surface area contributed by atoms with Crippen molar-refractivity contribution < 1.29 is 20.9 Å². The zero-order valence-corrected chi connectivity index (χ0v) is 27.2. The highest BCUT2D eigenvalue weighted by atomic mass is 28.5. The monoisotopic (exact) mass is 558 g/mol. The van der Waals surface area contributed by atoms with Crippen LogP contribution in [0.15, 0.2) is 91.0 Å². The van der Waals surface area contributed by atoms with E-state index in [1.807, 2.05) is 36.9 Å². The molecule has 0 fully saturated rings. The summed E-state index contributed by atoms with van der Waals surface area (Å²) in [5.74, 6) is 0. The summed E-state index contributed by atoms with van der Waals surface area (Å²) in [6.07, 6.45) is 0. The van der Waals surface area contributed by atoms with Gasteiger partial charge in [-0.3, -0.25) is 0 Å². The average Bonchev–Trinajstić information content (AvgIpc) is 2.85. The molecular formula is C25H38O5Si5. The van der Waals surface area contributed by atoms with Crippen LogP contribution in [-0.2, 0) is 20.9 Å². The van der Waals surface area contributed by atoms with Crippen LogP contribution in [0.4, 0.5) is 0 Å². The van der Waals surface area contributed by atoms with Gasteiger partial charge in [-0.1, -0.05) is 91.0 Å². The van der Waals surface area contributed by atoms with Gasteiger partial charge in [-0.15, -0.1) is 0 Å². The maximum absolute atomic E-state index is 7.24. The molecule has 0 amide bonds. The molecule has 4 unspecified atom stereocenters. The Bertz CT molecular complexity index is 1040. The Hall–Kier alpha value is -1.46. The summed E-state index contributed by atoms with van der Waals surface area (Å²) >= 11 is 0. The van der Waals surface area contributed by atoms with Crippen molar-refractivity contribution in [3.05, 3.63) is 91.0 Å². The van der Waals surface area contributed by atoms with E-state index in [9.17, 15) is 0 Å². The molecule has 4 atom stereocenters. The highest BCUT2D eigenvalue weighted by molar-refractivity contribution is 7.00. The van der Waals surface area contributed by atoms with Gasteiger partial charge >= 0.3 is 35.7 Å². The molecule has 0 heterocycles. The maximum Gasteiger partial charge on any atom is 0.351 e. The predicted molar refractivity (Wildman–Crippen MR) is 156 cm³/mol. The van der Waals surface area contributed by atoms with Crippen molar-refractivity contribution in [2.45, 2.75) is 39.3 Å². The summed E-state index contributed by atoms with van der Waals surface area (Å²) in [6.45, 7) is 12.9. The molecule has 0 radical (unpaired) electrons. The standard InChI is InChI=1S/C25H38O5Si5/c1-26-31(2)27-32(3)28-34(6,24-19-13-9-14-20-24)30-35(7,25-21-15-10-16-22-25)29-33(4,5)23-17-11-8-12-18-23/h8-22,31-32H,1-7H3. The van der Waals surface area contributed by atoms with Crippen LogP contribution < -0.4 is 15.6 Å². The molecule has 0 spiro atoms. The molecule has 0 aliphatic carbocycles. The quantitative estimate of drug-likeness (QED) is 0.319. The highest BCUT2D eigenvalue weighted by Gasteiger charge is 2.49. The molecular weight excluding hydrogens is 521 g/mol. The van der Waals surface area contributed by atoms with Gasteiger partial charge in [0.2, 0.25) is 8.32 Å². The van der Waals surface area contributed by atoms with E-state index < -0.39 is 44.0 Å². The van der Waals surface area contributed by atoms with Crippen LogP contribution in [0.2, 0.25) is 39.3 Å². The normalized spacial score (nSPS) is 17.2. The minimum Gasteiger partial charge on any atom is -0.429 e. The fourth-order valence-electron chi connectivity index (χ4n) is 4.20. The van der Waals surface area contributed by atoms with E-state index in [0.29, 0.717) is 0 Å². The first-order chi connectivity index (χ1) is 16.6. The second kappa shape index (κ2) is 12.2. The van der Waals surface area contributed by atoms with Crippen molar-refractivity contribution in [1.29, 1.82) is 0 Å². The third-order valence-electron chi connectivity index (χ3n) is 6.01. The van der Waals surface area contributed by atoms with E-state index in [0.717, 1.165) is 10.4 Å². The summed E-state index contributed by atoms with van der Waals surface area (Å²) in [6, 6.07) is 31.2. The first kappa shape index (κ1) is 28.1. The van der Waals surface area contributed by atoms with Gasteiger partial charge in [-0.25, -0.2) is 0 Å². The van der Waals surface area contributed by atoms with Crippen LogP contribution in [0.5, 0.6) is 0 Å². The molecule has 5 nitrogen and oxygen atoms in total. The van der Waals surface area contributed by atoms with Crippen molar-refractivity contribution in [2.24, 2.45) is 0 Å². The molecule has 0 saturated heterocycles. The molecule has 0 bridgehead atoms. The first-order valence-electron chi connectivity index (χ1n) is 12.0. The molecule has 0 saturated carbocycles. The Kier molecular flexibility index (Phi) is 9.79. The summed E-state index contributed by atoms with van der Waals surface area (Å²) in [5.41, 5.74) is 0. The van der Waals surface area contributed by atoms with E-state index in [2.05, 4.69) is 93.4 Å². The lowest BCUT2D eigenvalue weighted by atomic mass is 10.4. The van der Waals surface area contributed by atoms with E-state index >= 15 is 0 Å². The summed E-state index contributed by atoms with van der Waals surface area (Å²) < 4.78 is 32.8. The number of benzene rings is 3. The SMILES string of the molecule is CO[SiH](C)O[SiH](C)O[Si](C)(O[Si](C)(O[Si](C)(C)c1ccccc1)c1ccccc1)c1ccccc1. The van der Waals surface area contributed by atoms with E-state index in [1.54, 1.807) is 7.11 Å². The minimum absolute atomic E-state index is 1.08. The lowest BCUT2D eigenvalue weighted by Gasteiger charge is -2.42. The molecule has 3 rings (SSSR count). The van der Waals surface area contributed by atoms with Gasteiger partial charge in [0.1, 0.15) is 0 Å². The Balaban J connectivity index is 2.03. The lowest BCUT2D eigenvalue weighted by molar-refractivity contribution is 0.293. The molecule has 0 aliphatic rings. The van der Waals surface area contributed by atoms with Gasteiger partial charge in [0.15, 0.2) is 0 Å². The molecule has 3 aromatic carbocycles. The molecule has 10 heteroatoms. The first-order valence-corrected chi connectivity index (χ1v) is 23.7. The van der Waals surface area contributed by atoms with Crippen LogP contribution in [0.3, 0.4) is 0 Å². The van der Waals surface area contributed by atoms with Crippen LogP contribution in [-0.4, -0.2) is 51.1 Å². The predicted octanol–water partition coefficient (Wildman–Crippen LogP) is 3.47. The molecule has 0 aliphatic heterocycles. The average molecular weight is 559 g/mol. The number of hydrogen-bond donors (Lipinski definition) is 0. The Morgan fingerprint density at radius 3 is 1.43 bits per heavy atom. The second-order valence-electron chi connectivity index (χ2n) is 9.33. The fourth-order valence-corrected chi connectivity index (χ4v) is 23.1. The van der Waals surface area contributed by atoms with Gasteiger partial charge in [0.25, 0.3) is 0 Å². The summed E-state index contributed by atoms with van der Waals surface area (Å²) in [7, 11) is -10.2. The largest absolute Gasteiger partial charge is 0.429 e. The van der Waals surface area contributed by atoms with E-state index in [4.69, 9.17) is 20.9 Å². The lowest BCUT2D eigenvalue weighted by Crippen LogP contribution is -2.68. The van der Waals surface area contributed by atoms with Crippen LogP contribution in [0.1, 0.15) is 0 Å². The van der Waals surface area contributed by atoms with Gasteiger partial charge in [-0.2, -0.15) is 0 Å². The molecule has 0 N–H and O–H groups in total. The fraction of sp³-hybridized carbons (Fsp3) is 0.280. The van der Waals surface area contributed by atoms with Gasteiger partial charge in [-0.05, 0) is 54.8 Å². The molecule has 35 heavy (non-hydrogen) atoms. The Morgan fingerprint density at radius 1 is 0.543 bits per heavy atom. The third-order valence-corrected chi connectivity index (χ3v) is 24.1. The van der Waals surface area contributed by atoms with E-state index in [1.165, 1.54) is 5.19 Å². The smallest absolute Gasteiger partial charge is 0.351 e. The zero-order valence-electron chi connectivity index (χ0n) is 21.9. The Labute approximate surface area is 217 Å². The number of rotatable bonds is 12. The molecule has 188 valence electrons. The summed E-state index contributed by atoms with van der Waals surface area (Å²) in [4.78, 5) is 0. The van der Waals surface area contributed by atoms with E-state index in [-0.39, 0.29) is 0 Å². The number of hydrogen-bond acceptors (Lipinski definition) is 5. The van der Waals surface area contributed by atoms with Crippen molar-refractivity contribution in [2.75, 3.05) is 7.11 Å². The van der Waals surface area contributed by atoms with Crippen molar-refractivity contribution in [3.63, 3.8) is 0 Å². The minimum atomic E-state index is -2.93. The summed E-state index contributed by atoms with van der Waals surface area (Å²) in [5, 5.41) is 3.42. The third kappa shape index (κ3) is 7.52. The van der Waals surface area contributed by atoms with Gasteiger partial charge in [0.05, 0.1) is 0 Å². The van der Waals surface area contributed by atoms with Crippen LogP contribution >= 0.6 is 0 Å². The van der Waals surface area contributed by atoms with Gasteiger partial charge in [0, 0.05) is 7.11 Å². The van der Waals surface area contributed by atoms with Crippen molar-refractivity contribution >= 4 is 59.6 Å². The van der Waals surface area contributed by atoms with Crippen LogP contribution in [0.25, 0.3) is 0 Å². The van der Waals surface area contributed by atoms with Crippen LogP contribution in [0, 0.1) is 0 Å². The van der Waals surface area contributed by atoms with Crippen molar-refractivity contribution in [1.82, 2.24) is 0 Å². The zero-order chi connectivity index (χ0) is 25.5. The molecule has 0 aromatic heterocycles.